The average molecular weight is 292 g/mol. The molecule has 112 valence electrons. The van der Waals surface area contributed by atoms with Gasteiger partial charge in [0.05, 0.1) is 5.56 Å². The van der Waals surface area contributed by atoms with Gasteiger partial charge in [-0.25, -0.2) is 0 Å². The number of hydrogen-bond donors (Lipinski definition) is 0. The highest BCUT2D eigenvalue weighted by Crippen LogP contribution is 2.32. The van der Waals surface area contributed by atoms with Gasteiger partial charge in [0.2, 0.25) is 0 Å². The van der Waals surface area contributed by atoms with Crippen molar-refractivity contribution in [3.8, 4) is 11.1 Å². The van der Waals surface area contributed by atoms with Crippen molar-refractivity contribution in [3.63, 3.8) is 0 Å². The molecule has 0 heterocycles. The summed E-state index contributed by atoms with van der Waals surface area (Å²) >= 11 is 0. The molecule has 0 aromatic heterocycles. The Morgan fingerprint density at radius 3 is 1.95 bits per heavy atom. The highest BCUT2D eigenvalue weighted by Gasteiger charge is 2.30. The summed E-state index contributed by atoms with van der Waals surface area (Å²) in [4.78, 5) is 0. The lowest BCUT2D eigenvalue weighted by Crippen LogP contribution is -2.08. The van der Waals surface area contributed by atoms with Crippen molar-refractivity contribution in [2.24, 2.45) is 5.41 Å². The Labute approximate surface area is 123 Å². The van der Waals surface area contributed by atoms with Crippen LogP contribution in [-0.2, 0) is 12.6 Å². The molecule has 0 unspecified atom stereocenters. The first-order chi connectivity index (χ1) is 9.65. The van der Waals surface area contributed by atoms with Crippen molar-refractivity contribution in [1.29, 1.82) is 0 Å². The Morgan fingerprint density at radius 1 is 0.810 bits per heavy atom. The highest BCUT2D eigenvalue weighted by molar-refractivity contribution is 5.64. The molecule has 0 spiro atoms. The normalized spacial score (nSPS) is 12.5. The van der Waals surface area contributed by atoms with Crippen LogP contribution < -0.4 is 0 Å². The predicted octanol–water partition coefficient (Wildman–Crippen LogP) is 5.96. The van der Waals surface area contributed by atoms with Gasteiger partial charge in [0, 0.05) is 0 Å². The van der Waals surface area contributed by atoms with Crippen molar-refractivity contribution in [2.75, 3.05) is 0 Å². The molecule has 2 rings (SSSR count). The summed E-state index contributed by atoms with van der Waals surface area (Å²) in [6, 6.07) is 13.2. The fraction of sp³-hybridized carbons (Fsp3) is 0.333. The second-order valence-corrected chi connectivity index (χ2v) is 6.51. The van der Waals surface area contributed by atoms with E-state index in [2.05, 4.69) is 20.8 Å². The summed E-state index contributed by atoms with van der Waals surface area (Å²) in [5.74, 6) is 0. The van der Waals surface area contributed by atoms with Crippen LogP contribution in [0.25, 0.3) is 11.1 Å². The van der Waals surface area contributed by atoms with Crippen molar-refractivity contribution in [3.05, 3.63) is 59.7 Å². The first kappa shape index (κ1) is 15.6. The minimum Gasteiger partial charge on any atom is -0.166 e. The van der Waals surface area contributed by atoms with E-state index in [1.165, 1.54) is 17.7 Å². The molecule has 0 bridgehead atoms. The van der Waals surface area contributed by atoms with Gasteiger partial charge in [0.15, 0.2) is 0 Å². The molecule has 0 saturated heterocycles. The lowest BCUT2D eigenvalue weighted by molar-refractivity contribution is -0.137. The Kier molecular flexibility index (Phi) is 4.13. The lowest BCUT2D eigenvalue weighted by Gasteiger charge is -2.18. The molecule has 0 atom stereocenters. The summed E-state index contributed by atoms with van der Waals surface area (Å²) in [5, 5.41) is 0. The summed E-state index contributed by atoms with van der Waals surface area (Å²) in [6.07, 6.45) is -3.36. The van der Waals surface area contributed by atoms with Gasteiger partial charge in [-0.2, -0.15) is 13.2 Å². The zero-order valence-electron chi connectivity index (χ0n) is 12.5. The Hall–Kier alpha value is -1.77. The molecule has 0 nitrogen and oxygen atoms in total. The Balaban J connectivity index is 2.27. The number of halogens is 3. The first-order valence-corrected chi connectivity index (χ1v) is 6.92. The number of rotatable bonds is 2. The van der Waals surface area contributed by atoms with E-state index in [1.54, 1.807) is 6.07 Å². The molecule has 0 aliphatic rings. The van der Waals surface area contributed by atoms with Gasteiger partial charge >= 0.3 is 6.18 Å². The topological polar surface area (TPSA) is 0 Å². The largest absolute Gasteiger partial charge is 0.416 e. The standard InChI is InChI=1S/C18H19F3/c1-17(2,3)12-13-7-9-14(10-8-13)15-5-4-6-16(11-15)18(19,20)21/h4-11H,12H2,1-3H3. The van der Waals surface area contributed by atoms with Gasteiger partial charge in [0.25, 0.3) is 0 Å². The third kappa shape index (κ3) is 4.35. The fourth-order valence-corrected chi connectivity index (χ4v) is 2.30. The molecule has 2 aromatic rings. The summed E-state index contributed by atoms with van der Waals surface area (Å²) in [6.45, 7) is 6.48. The van der Waals surface area contributed by atoms with Gasteiger partial charge in [-0.15, -0.1) is 0 Å². The number of hydrogen-bond acceptors (Lipinski definition) is 0. The molecule has 21 heavy (non-hydrogen) atoms. The lowest BCUT2D eigenvalue weighted by atomic mass is 9.87. The molecule has 3 heteroatoms. The SMILES string of the molecule is CC(C)(C)Cc1ccc(-c2cccc(C(F)(F)F)c2)cc1. The maximum atomic E-state index is 12.7. The van der Waals surface area contributed by atoms with Crippen LogP contribution in [-0.4, -0.2) is 0 Å². The zero-order valence-corrected chi connectivity index (χ0v) is 12.5. The van der Waals surface area contributed by atoms with Crippen LogP contribution in [0, 0.1) is 5.41 Å². The molecule has 0 aliphatic heterocycles. The highest BCUT2D eigenvalue weighted by atomic mass is 19.4. The second-order valence-electron chi connectivity index (χ2n) is 6.51. The second kappa shape index (κ2) is 5.55. The van der Waals surface area contributed by atoms with Gasteiger partial charge < -0.3 is 0 Å². The van der Waals surface area contributed by atoms with Crippen LogP contribution in [0.3, 0.4) is 0 Å². The van der Waals surface area contributed by atoms with Crippen LogP contribution in [0.2, 0.25) is 0 Å². The van der Waals surface area contributed by atoms with Crippen molar-refractivity contribution < 1.29 is 13.2 Å². The zero-order chi connectivity index (χ0) is 15.7. The van der Waals surface area contributed by atoms with Crippen LogP contribution in [0.15, 0.2) is 48.5 Å². The molecule has 0 fully saturated rings. The van der Waals surface area contributed by atoms with E-state index in [9.17, 15) is 13.2 Å². The first-order valence-electron chi connectivity index (χ1n) is 6.92. The quantitative estimate of drug-likeness (QED) is 0.640. The molecule has 0 saturated carbocycles. The Bertz CT molecular complexity index is 602. The van der Waals surface area contributed by atoms with Crippen LogP contribution in [0.5, 0.6) is 0 Å². The summed E-state index contributed by atoms with van der Waals surface area (Å²) in [5.41, 5.74) is 2.17. The fourth-order valence-electron chi connectivity index (χ4n) is 2.30. The minimum absolute atomic E-state index is 0.192. The van der Waals surface area contributed by atoms with Crippen LogP contribution >= 0.6 is 0 Å². The summed E-state index contributed by atoms with van der Waals surface area (Å²) < 4.78 is 38.2. The monoisotopic (exact) mass is 292 g/mol. The maximum absolute atomic E-state index is 12.7. The van der Waals surface area contributed by atoms with Gasteiger partial charge in [-0.3, -0.25) is 0 Å². The molecule has 0 aliphatic carbocycles. The van der Waals surface area contributed by atoms with E-state index in [1.807, 2.05) is 24.3 Å². The van der Waals surface area contributed by atoms with Gasteiger partial charge in [-0.1, -0.05) is 57.2 Å². The number of alkyl halides is 3. The molecular weight excluding hydrogens is 273 g/mol. The summed E-state index contributed by atoms with van der Waals surface area (Å²) in [7, 11) is 0. The van der Waals surface area contributed by atoms with Crippen molar-refractivity contribution in [2.45, 2.75) is 33.4 Å². The smallest absolute Gasteiger partial charge is 0.166 e. The van der Waals surface area contributed by atoms with E-state index >= 15 is 0 Å². The molecule has 0 amide bonds. The van der Waals surface area contributed by atoms with Gasteiger partial charge in [-0.05, 0) is 40.7 Å². The Morgan fingerprint density at radius 2 is 1.43 bits per heavy atom. The molecule has 2 aromatic carbocycles. The molecular formula is C18H19F3. The van der Waals surface area contributed by atoms with Crippen molar-refractivity contribution >= 4 is 0 Å². The minimum atomic E-state index is -4.30. The molecule has 0 N–H and O–H groups in total. The van der Waals surface area contributed by atoms with E-state index < -0.39 is 11.7 Å². The van der Waals surface area contributed by atoms with Gasteiger partial charge in [0.1, 0.15) is 0 Å². The van der Waals surface area contributed by atoms with E-state index in [4.69, 9.17) is 0 Å². The maximum Gasteiger partial charge on any atom is 0.416 e. The van der Waals surface area contributed by atoms with E-state index in [0.717, 1.165) is 18.1 Å². The van der Waals surface area contributed by atoms with E-state index in [-0.39, 0.29) is 5.41 Å². The van der Waals surface area contributed by atoms with Crippen LogP contribution in [0.4, 0.5) is 13.2 Å². The average Bonchev–Trinajstić information content (AvgIpc) is 2.37. The third-order valence-corrected chi connectivity index (χ3v) is 3.21. The van der Waals surface area contributed by atoms with E-state index in [0.29, 0.717) is 5.56 Å². The molecule has 0 radical (unpaired) electrons. The van der Waals surface area contributed by atoms with Crippen molar-refractivity contribution in [1.82, 2.24) is 0 Å². The predicted molar refractivity (Wildman–Crippen MR) is 80.0 cm³/mol. The number of benzene rings is 2. The third-order valence-electron chi connectivity index (χ3n) is 3.21. The van der Waals surface area contributed by atoms with Crippen LogP contribution in [0.1, 0.15) is 31.9 Å².